The van der Waals surface area contributed by atoms with Crippen LogP contribution in [0.4, 0.5) is 4.39 Å². The average molecular weight is 557 g/mol. The number of methoxy groups -OCH3 is 1. The van der Waals surface area contributed by atoms with Crippen molar-refractivity contribution in [3.63, 3.8) is 0 Å². The van der Waals surface area contributed by atoms with Crippen molar-refractivity contribution < 1.29 is 19.0 Å². The van der Waals surface area contributed by atoms with E-state index in [9.17, 15) is 9.90 Å². The van der Waals surface area contributed by atoms with Crippen molar-refractivity contribution in [1.29, 1.82) is 0 Å². The van der Waals surface area contributed by atoms with Crippen molar-refractivity contribution in [3.8, 4) is 17.6 Å². The number of benzene rings is 2. The van der Waals surface area contributed by atoms with Gasteiger partial charge in [-0.3, -0.25) is 14.7 Å². The van der Waals surface area contributed by atoms with Crippen molar-refractivity contribution in [2.45, 2.75) is 38.3 Å². The van der Waals surface area contributed by atoms with Crippen molar-refractivity contribution >= 4 is 40.1 Å². The fraction of sp³-hybridized carbons (Fsp3) is 0.400. The van der Waals surface area contributed by atoms with Crippen LogP contribution in [0.5, 0.6) is 5.75 Å². The summed E-state index contributed by atoms with van der Waals surface area (Å²) in [6, 6.07) is 12.5. The van der Waals surface area contributed by atoms with E-state index in [0.29, 0.717) is 47.2 Å². The lowest BCUT2D eigenvalue weighted by atomic mass is 9.79. The summed E-state index contributed by atoms with van der Waals surface area (Å²) in [5, 5.41) is 11.0. The highest BCUT2D eigenvalue weighted by atomic mass is 35.5. The fourth-order valence-corrected chi connectivity index (χ4v) is 5.50. The normalized spacial score (nSPS) is 18.5. The molecular formula is C30H31Cl2FN2O3. The number of aliphatic carboxylic acids is 1. The molecule has 3 atom stereocenters. The quantitative estimate of drug-likeness (QED) is 0.282. The molecule has 5 nitrogen and oxygen atoms in total. The summed E-state index contributed by atoms with van der Waals surface area (Å²) in [5.74, 6) is 6.62. The topological polar surface area (TPSA) is 62.7 Å². The minimum absolute atomic E-state index is 0.109. The molecule has 1 fully saturated rings. The Morgan fingerprint density at radius 1 is 1.18 bits per heavy atom. The highest BCUT2D eigenvalue weighted by molar-refractivity contribution is 6.42. The van der Waals surface area contributed by atoms with Crippen LogP contribution in [0.2, 0.25) is 10.0 Å². The summed E-state index contributed by atoms with van der Waals surface area (Å²) in [5.41, 5.74) is 2.15. The number of piperidine rings is 1. The second-order valence-corrected chi connectivity index (χ2v) is 10.5. The van der Waals surface area contributed by atoms with E-state index in [1.54, 1.807) is 31.5 Å². The Morgan fingerprint density at radius 2 is 2.03 bits per heavy atom. The van der Waals surface area contributed by atoms with E-state index in [-0.39, 0.29) is 18.3 Å². The van der Waals surface area contributed by atoms with Crippen molar-refractivity contribution in [2.75, 3.05) is 26.7 Å². The van der Waals surface area contributed by atoms with Gasteiger partial charge in [0.25, 0.3) is 0 Å². The van der Waals surface area contributed by atoms with Gasteiger partial charge in [0.05, 0.1) is 29.2 Å². The molecule has 1 N–H and O–H groups in total. The number of nitrogens with zero attached hydrogens (tertiary/aromatic N) is 2. The van der Waals surface area contributed by atoms with Gasteiger partial charge in [0, 0.05) is 30.1 Å². The van der Waals surface area contributed by atoms with Gasteiger partial charge >= 0.3 is 5.97 Å². The molecule has 1 aliphatic rings. The Kier molecular flexibility index (Phi) is 9.85. The number of likely N-dealkylation sites (tertiary alicyclic amines) is 1. The molecule has 0 bridgehead atoms. The van der Waals surface area contributed by atoms with Crippen LogP contribution in [-0.4, -0.2) is 47.7 Å². The van der Waals surface area contributed by atoms with Gasteiger partial charge in [0.1, 0.15) is 11.9 Å². The van der Waals surface area contributed by atoms with Gasteiger partial charge in [-0.05, 0) is 92.1 Å². The van der Waals surface area contributed by atoms with Crippen LogP contribution < -0.4 is 4.74 Å². The summed E-state index contributed by atoms with van der Waals surface area (Å²) < 4.78 is 20.9. The number of hydrogen-bond acceptors (Lipinski definition) is 4. The van der Waals surface area contributed by atoms with Gasteiger partial charge in [-0.25, -0.2) is 4.39 Å². The number of aromatic nitrogens is 1. The molecule has 1 aromatic heterocycles. The summed E-state index contributed by atoms with van der Waals surface area (Å²) in [6.07, 6.45) is 3.15. The number of alkyl halides is 1. The third-order valence-electron chi connectivity index (χ3n) is 7.27. The second-order valence-electron chi connectivity index (χ2n) is 9.74. The third-order valence-corrected chi connectivity index (χ3v) is 8.01. The van der Waals surface area contributed by atoms with Gasteiger partial charge in [0.15, 0.2) is 0 Å². The highest BCUT2D eigenvalue weighted by Crippen LogP contribution is 2.36. The van der Waals surface area contributed by atoms with Gasteiger partial charge < -0.3 is 9.84 Å². The fourth-order valence-electron chi connectivity index (χ4n) is 5.21. The van der Waals surface area contributed by atoms with Crippen LogP contribution in [0.1, 0.15) is 49.4 Å². The first-order chi connectivity index (χ1) is 18.3. The molecule has 0 aliphatic carbocycles. The molecule has 0 saturated carbocycles. The maximum absolute atomic E-state index is 15.5. The first-order valence-corrected chi connectivity index (χ1v) is 13.5. The lowest BCUT2D eigenvalue weighted by Gasteiger charge is -2.38. The van der Waals surface area contributed by atoms with Crippen LogP contribution >= 0.6 is 23.2 Å². The van der Waals surface area contributed by atoms with Gasteiger partial charge in [-0.15, -0.1) is 0 Å². The first-order valence-electron chi connectivity index (χ1n) is 12.8. The minimum atomic E-state index is -1.14. The number of halogens is 3. The van der Waals surface area contributed by atoms with Crippen LogP contribution in [0.3, 0.4) is 0 Å². The standard InChI is InChI=1S/C30H31Cl2FN2O3/c1-38-23-7-10-29-25(18-23)24(12-14-34-29)28(33)9-5-21-13-16-35(19-22(21)6-11-30(36)37)15-2-3-20-4-8-26(31)27(32)17-20/h4,7-8,10,12,14,17-18,21-22,28H,5-6,9,11,13,15-16,19H2,1H3,(H,36,37)/t21-,22+,28?/m1/s1. The average Bonchev–Trinajstić information content (AvgIpc) is 2.92. The first kappa shape index (κ1) is 28.2. The molecule has 0 radical (unpaired) electrons. The number of fused-ring (bicyclic) bond motifs is 1. The molecule has 4 rings (SSSR count). The predicted octanol–water partition coefficient (Wildman–Crippen LogP) is 7.20. The van der Waals surface area contributed by atoms with Gasteiger partial charge in [-0.2, -0.15) is 0 Å². The van der Waals surface area contributed by atoms with E-state index in [1.165, 1.54) is 0 Å². The van der Waals surface area contributed by atoms with E-state index < -0.39 is 12.1 Å². The number of ether oxygens (including phenoxy) is 1. The summed E-state index contributed by atoms with van der Waals surface area (Å²) >= 11 is 12.1. The molecule has 0 amide bonds. The van der Waals surface area contributed by atoms with Crippen LogP contribution in [0, 0.1) is 23.7 Å². The summed E-state index contributed by atoms with van der Waals surface area (Å²) in [4.78, 5) is 17.9. The molecule has 1 saturated heterocycles. The van der Waals surface area contributed by atoms with Crippen molar-refractivity contribution in [3.05, 3.63) is 69.8 Å². The van der Waals surface area contributed by atoms with E-state index >= 15 is 4.39 Å². The van der Waals surface area contributed by atoms with Crippen LogP contribution in [0.15, 0.2) is 48.7 Å². The molecule has 2 aromatic carbocycles. The number of carboxylic acids is 1. The number of hydrogen-bond donors (Lipinski definition) is 1. The molecule has 2 heterocycles. The van der Waals surface area contributed by atoms with E-state index in [1.807, 2.05) is 24.3 Å². The minimum Gasteiger partial charge on any atom is -0.497 e. The predicted molar refractivity (Wildman–Crippen MR) is 150 cm³/mol. The van der Waals surface area contributed by atoms with Crippen LogP contribution in [0.25, 0.3) is 10.9 Å². The Hall–Kier alpha value is -2.85. The Morgan fingerprint density at radius 3 is 2.79 bits per heavy atom. The van der Waals surface area contributed by atoms with E-state index in [0.717, 1.165) is 36.0 Å². The number of rotatable bonds is 9. The van der Waals surface area contributed by atoms with Crippen LogP contribution in [-0.2, 0) is 4.79 Å². The number of carboxylic acid groups (broad SMARTS) is 1. The monoisotopic (exact) mass is 556 g/mol. The molecular weight excluding hydrogens is 526 g/mol. The lowest BCUT2D eigenvalue weighted by Crippen LogP contribution is -2.41. The molecule has 3 aromatic rings. The number of carbonyl (C=O) groups is 1. The van der Waals surface area contributed by atoms with Gasteiger partial charge in [-0.1, -0.05) is 35.0 Å². The maximum atomic E-state index is 15.5. The zero-order valence-electron chi connectivity index (χ0n) is 21.3. The van der Waals surface area contributed by atoms with Crippen molar-refractivity contribution in [1.82, 2.24) is 9.88 Å². The molecule has 38 heavy (non-hydrogen) atoms. The lowest BCUT2D eigenvalue weighted by molar-refractivity contribution is -0.137. The van der Waals surface area contributed by atoms with E-state index in [4.69, 9.17) is 27.9 Å². The zero-order valence-corrected chi connectivity index (χ0v) is 22.8. The Labute approximate surface area is 232 Å². The maximum Gasteiger partial charge on any atom is 0.303 e. The molecule has 0 spiro atoms. The summed E-state index contributed by atoms with van der Waals surface area (Å²) in [7, 11) is 1.59. The highest BCUT2D eigenvalue weighted by Gasteiger charge is 2.30. The summed E-state index contributed by atoms with van der Waals surface area (Å²) in [6.45, 7) is 2.17. The Bertz CT molecular complexity index is 1340. The van der Waals surface area contributed by atoms with Gasteiger partial charge in [0.2, 0.25) is 0 Å². The van der Waals surface area contributed by atoms with Crippen molar-refractivity contribution in [2.24, 2.45) is 11.8 Å². The Balaban J connectivity index is 1.39. The largest absolute Gasteiger partial charge is 0.497 e. The molecule has 1 aliphatic heterocycles. The number of pyridine rings is 1. The van der Waals surface area contributed by atoms with E-state index in [2.05, 4.69) is 21.7 Å². The molecule has 200 valence electrons. The second kappa shape index (κ2) is 13.3. The third kappa shape index (κ3) is 7.38. The molecule has 1 unspecified atom stereocenters. The molecule has 8 heteroatoms. The smallest absolute Gasteiger partial charge is 0.303 e. The SMILES string of the molecule is COc1ccc2nccc(C(F)CC[C@@H]3CCN(CC#Cc4ccc(Cl)c(Cl)c4)C[C@@H]3CCC(=O)O)c2c1. The zero-order chi connectivity index (χ0) is 27.1.